The lowest BCUT2D eigenvalue weighted by Crippen LogP contribution is -2.37. The fourth-order valence-electron chi connectivity index (χ4n) is 1.96. The number of non-ortho nitro benzene ring substituents is 1. The van der Waals surface area contributed by atoms with Gasteiger partial charge in [-0.3, -0.25) is 19.7 Å². The molecule has 0 aromatic heterocycles. The minimum atomic E-state index is -1.40. The molecule has 1 aliphatic rings. The van der Waals surface area contributed by atoms with E-state index in [1.54, 1.807) is 0 Å². The Balaban J connectivity index is 2.23. The van der Waals surface area contributed by atoms with Gasteiger partial charge in [0.05, 0.1) is 16.2 Å². The molecule has 1 saturated heterocycles. The molecule has 1 aromatic carbocycles. The van der Waals surface area contributed by atoms with Crippen molar-refractivity contribution in [3.8, 4) is 0 Å². The monoisotopic (exact) mass is 293 g/mol. The molecule has 0 bridgehead atoms. The van der Waals surface area contributed by atoms with Gasteiger partial charge in [0.1, 0.15) is 6.04 Å². The second-order valence-electron chi connectivity index (χ2n) is 4.44. The molecule has 9 nitrogen and oxygen atoms in total. The van der Waals surface area contributed by atoms with Crippen molar-refractivity contribution >= 4 is 29.2 Å². The van der Waals surface area contributed by atoms with E-state index in [1.165, 1.54) is 0 Å². The fourth-order valence-corrected chi connectivity index (χ4v) is 1.96. The van der Waals surface area contributed by atoms with Gasteiger partial charge in [0.2, 0.25) is 11.8 Å². The minimum absolute atomic E-state index is 0.0563. The van der Waals surface area contributed by atoms with Crippen molar-refractivity contribution < 1.29 is 24.4 Å². The molecule has 2 rings (SSSR count). The number of carbonyl (C=O) groups excluding carboxylic acids is 2. The van der Waals surface area contributed by atoms with Crippen LogP contribution in [-0.4, -0.2) is 33.9 Å². The summed E-state index contributed by atoms with van der Waals surface area (Å²) in [6, 6.07) is 2.38. The average Bonchev–Trinajstić information content (AvgIpc) is 2.85. The highest BCUT2D eigenvalue weighted by Gasteiger charge is 2.28. The lowest BCUT2D eigenvalue weighted by molar-refractivity contribution is -0.384. The lowest BCUT2D eigenvalue weighted by Gasteiger charge is -2.12. The van der Waals surface area contributed by atoms with Crippen molar-refractivity contribution in [2.45, 2.75) is 18.9 Å². The molecule has 9 heteroatoms. The molecule has 1 fully saturated rings. The number of hydrogen-bond donors (Lipinski definition) is 3. The highest BCUT2D eigenvalue weighted by molar-refractivity contribution is 6.04. The number of amides is 2. The highest BCUT2D eigenvalue weighted by Crippen LogP contribution is 2.23. The number of benzene rings is 1. The maximum absolute atomic E-state index is 11.9. The smallest absolute Gasteiger partial charge is 0.338 e. The van der Waals surface area contributed by atoms with Crippen LogP contribution in [0.4, 0.5) is 11.4 Å². The summed E-state index contributed by atoms with van der Waals surface area (Å²) in [7, 11) is 0. The van der Waals surface area contributed by atoms with E-state index in [1.807, 2.05) is 0 Å². The zero-order chi connectivity index (χ0) is 15.6. The molecule has 3 N–H and O–H groups in total. The Hall–Kier alpha value is -2.97. The summed E-state index contributed by atoms with van der Waals surface area (Å²) in [6.45, 7) is 0. The quantitative estimate of drug-likeness (QED) is 0.546. The van der Waals surface area contributed by atoms with Crippen LogP contribution in [-0.2, 0) is 9.59 Å². The first-order valence-corrected chi connectivity index (χ1v) is 6.00. The van der Waals surface area contributed by atoms with Crippen molar-refractivity contribution in [3.05, 3.63) is 33.9 Å². The predicted molar refractivity (Wildman–Crippen MR) is 69.9 cm³/mol. The molecule has 1 aliphatic heterocycles. The maximum Gasteiger partial charge on any atom is 0.338 e. The first-order valence-electron chi connectivity index (χ1n) is 6.00. The molecular formula is C12H11N3O6. The Morgan fingerprint density at radius 3 is 2.67 bits per heavy atom. The SMILES string of the molecule is O=C1CCC(C(=O)Nc2ccc([N+](=O)[O-])cc2C(=O)O)N1. The summed E-state index contributed by atoms with van der Waals surface area (Å²) in [5.41, 5.74) is -0.833. The van der Waals surface area contributed by atoms with E-state index >= 15 is 0 Å². The van der Waals surface area contributed by atoms with E-state index in [9.17, 15) is 24.5 Å². The van der Waals surface area contributed by atoms with E-state index < -0.39 is 22.8 Å². The lowest BCUT2D eigenvalue weighted by atomic mass is 10.1. The molecule has 1 heterocycles. The van der Waals surface area contributed by atoms with E-state index in [0.29, 0.717) is 6.42 Å². The summed E-state index contributed by atoms with van der Waals surface area (Å²) in [6.07, 6.45) is 0.546. The van der Waals surface area contributed by atoms with Gasteiger partial charge in [-0.1, -0.05) is 0 Å². The van der Waals surface area contributed by atoms with Crippen LogP contribution in [0.3, 0.4) is 0 Å². The van der Waals surface area contributed by atoms with Crippen LogP contribution < -0.4 is 10.6 Å². The van der Waals surface area contributed by atoms with Gasteiger partial charge in [-0.05, 0) is 12.5 Å². The summed E-state index contributed by atoms with van der Waals surface area (Å²) in [5, 5.41) is 24.5. The van der Waals surface area contributed by atoms with Gasteiger partial charge in [-0.15, -0.1) is 0 Å². The molecule has 2 amide bonds. The average molecular weight is 293 g/mol. The molecule has 1 unspecified atom stereocenters. The van der Waals surface area contributed by atoms with Gasteiger partial charge < -0.3 is 15.7 Å². The molecule has 21 heavy (non-hydrogen) atoms. The summed E-state index contributed by atoms with van der Waals surface area (Å²) in [4.78, 5) is 44.0. The molecule has 110 valence electrons. The van der Waals surface area contributed by atoms with Crippen molar-refractivity contribution in [2.24, 2.45) is 0 Å². The number of hydrogen-bond acceptors (Lipinski definition) is 5. The second-order valence-corrected chi connectivity index (χ2v) is 4.44. The standard InChI is InChI=1S/C12H11N3O6/c16-10-4-3-9(13-10)11(17)14-8-2-1-6(15(20)21)5-7(8)12(18)19/h1-2,5,9H,3-4H2,(H,13,16)(H,14,17)(H,18,19). The number of aromatic carboxylic acids is 1. The number of nitro groups is 1. The first-order chi connectivity index (χ1) is 9.88. The van der Waals surface area contributed by atoms with Gasteiger partial charge in [-0.25, -0.2) is 4.79 Å². The number of carboxylic acid groups (broad SMARTS) is 1. The second kappa shape index (κ2) is 5.57. The number of nitrogens with zero attached hydrogens (tertiary/aromatic N) is 1. The minimum Gasteiger partial charge on any atom is -0.478 e. The van der Waals surface area contributed by atoms with Crippen LogP contribution in [0, 0.1) is 10.1 Å². The third-order valence-electron chi connectivity index (χ3n) is 3.01. The summed E-state index contributed by atoms with van der Waals surface area (Å²) >= 11 is 0. The van der Waals surface area contributed by atoms with E-state index in [-0.39, 0.29) is 29.3 Å². The number of rotatable bonds is 4. The fraction of sp³-hybridized carbons (Fsp3) is 0.250. The molecule has 1 aromatic rings. The van der Waals surface area contributed by atoms with E-state index in [4.69, 9.17) is 5.11 Å². The van der Waals surface area contributed by atoms with Gasteiger partial charge in [0.25, 0.3) is 5.69 Å². The normalized spacial score (nSPS) is 17.1. The summed E-state index contributed by atoms with van der Waals surface area (Å²) < 4.78 is 0. The van der Waals surface area contributed by atoms with Crippen molar-refractivity contribution in [1.29, 1.82) is 0 Å². The topological polar surface area (TPSA) is 139 Å². The Labute approximate surface area is 118 Å². The van der Waals surface area contributed by atoms with Crippen molar-refractivity contribution in [1.82, 2.24) is 5.32 Å². The van der Waals surface area contributed by atoms with Crippen LogP contribution in [0.2, 0.25) is 0 Å². The third kappa shape index (κ3) is 3.14. The Morgan fingerprint density at radius 1 is 1.43 bits per heavy atom. The van der Waals surface area contributed by atoms with E-state index in [0.717, 1.165) is 18.2 Å². The number of nitro benzene ring substituents is 1. The van der Waals surface area contributed by atoms with Crippen LogP contribution in [0.25, 0.3) is 0 Å². The largest absolute Gasteiger partial charge is 0.478 e. The molecule has 0 saturated carbocycles. The number of carboxylic acids is 1. The summed E-state index contributed by atoms with van der Waals surface area (Å²) in [5.74, 6) is -2.21. The zero-order valence-electron chi connectivity index (χ0n) is 10.7. The molecule has 0 radical (unpaired) electrons. The number of anilines is 1. The third-order valence-corrected chi connectivity index (χ3v) is 3.01. The number of carbonyl (C=O) groups is 3. The molecular weight excluding hydrogens is 282 g/mol. The van der Waals surface area contributed by atoms with E-state index in [2.05, 4.69) is 10.6 Å². The predicted octanol–water partition coefficient (Wildman–Crippen LogP) is 0.510. The Bertz CT molecular complexity index is 642. The maximum atomic E-state index is 11.9. The number of nitrogens with one attached hydrogen (secondary N) is 2. The van der Waals surface area contributed by atoms with Gasteiger partial charge in [-0.2, -0.15) is 0 Å². The first kappa shape index (κ1) is 14.4. The van der Waals surface area contributed by atoms with Gasteiger partial charge in [0.15, 0.2) is 0 Å². The van der Waals surface area contributed by atoms with Crippen LogP contribution >= 0.6 is 0 Å². The van der Waals surface area contributed by atoms with Crippen molar-refractivity contribution in [2.75, 3.05) is 5.32 Å². The highest BCUT2D eigenvalue weighted by atomic mass is 16.6. The molecule has 1 atom stereocenters. The molecule has 0 aliphatic carbocycles. The van der Waals surface area contributed by atoms with Crippen LogP contribution in [0.15, 0.2) is 18.2 Å². The van der Waals surface area contributed by atoms with Crippen LogP contribution in [0.1, 0.15) is 23.2 Å². The molecule has 0 spiro atoms. The van der Waals surface area contributed by atoms with Gasteiger partial charge >= 0.3 is 5.97 Å². The van der Waals surface area contributed by atoms with Crippen molar-refractivity contribution in [3.63, 3.8) is 0 Å². The van der Waals surface area contributed by atoms with Crippen LogP contribution in [0.5, 0.6) is 0 Å². The Morgan fingerprint density at radius 2 is 2.14 bits per heavy atom. The Kier molecular flexibility index (Phi) is 3.83. The zero-order valence-corrected chi connectivity index (χ0v) is 10.7. The van der Waals surface area contributed by atoms with Gasteiger partial charge in [0, 0.05) is 18.6 Å².